The van der Waals surface area contributed by atoms with Crippen LogP contribution in [0.2, 0.25) is 0 Å². The third kappa shape index (κ3) is 8.04. The normalized spacial score (nSPS) is 9.88. The zero-order valence-corrected chi connectivity index (χ0v) is 19.3. The molecule has 3 aromatic rings. The van der Waals surface area contributed by atoms with Crippen molar-refractivity contribution in [3.05, 3.63) is 102 Å². The molecule has 4 heteroatoms. The molecule has 0 atom stereocenters. The van der Waals surface area contributed by atoms with Crippen LogP contribution < -0.4 is 15.4 Å². The van der Waals surface area contributed by atoms with Crippen molar-refractivity contribution in [3.8, 4) is 18.6 Å². The Kier molecular flexibility index (Phi) is 12.2. The first-order chi connectivity index (χ1) is 15.7. The van der Waals surface area contributed by atoms with Gasteiger partial charge in [0.2, 0.25) is 0 Å². The second-order valence-electron chi connectivity index (χ2n) is 6.30. The topological polar surface area (TPSA) is 50.4 Å². The summed E-state index contributed by atoms with van der Waals surface area (Å²) < 4.78 is 5.19. The lowest BCUT2D eigenvalue weighted by Gasteiger charge is -2.13. The molecule has 0 radical (unpaired) electrons. The van der Waals surface area contributed by atoms with Crippen molar-refractivity contribution < 1.29 is 9.53 Å². The standard InChI is InChI=1S/C24H24N2O2.C2H6.C2H2/c1-3-23(25-17-18-9-15-22(28-2)16-10-18)19-11-13-21(14-12-19)26-24(27)20-7-5-4-6-8-20;2*1-2/h3-16,25H,17H2,1-2H3,(H,26,27);1-2H3;1-2H/b23-3-;;. The van der Waals surface area contributed by atoms with Gasteiger partial charge in [0.15, 0.2) is 0 Å². The van der Waals surface area contributed by atoms with Crippen LogP contribution in [0, 0.1) is 12.8 Å². The number of carbonyl (C=O) groups is 1. The van der Waals surface area contributed by atoms with Gasteiger partial charge < -0.3 is 15.4 Å². The first-order valence-electron chi connectivity index (χ1n) is 10.5. The number of hydrogen-bond donors (Lipinski definition) is 2. The summed E-state index contributed by atoms with van der Waals surface area (Å²) in [7, 11) is 1.66. The van der Waals surface area contributed by atoms with Crippen LogP contribution in [-0.2, 0) is 6.54 Å². The van der Waals surface area contributed by atoms with E-state index in [1.54, 1.807) is 19.2 Å². The summed E-state index contributed by atoms with van der Waals surface area (Å²) in [6.45, 7) is 6.72. The Bertz CT molecular complexity index is 973. The molecule has 0 aliphatic carbocycles. The van der Waals surface area contributed by atoms with Gasteiger partial charge in [0.05, 0.1) is 7.11 Å². The molecule has 0 aliphatic heterocycles. The summed E-state index contributed by atoms with van der Waals surface area (Å²) in [5, 5.41) is 6.38. The van der Waals surface area contributed by atoms with Gasteiger partial charge in [-0.2, -0.15) is 0 Å². The lowest BCUT2D eigenvalue weighted by molar-refractivity contribution is 0.102. The lowest BCUT2D eigenvalue weighted by Crippen LogP contribution is -2.13. The fraction of sp³-hybridized carbons (Fsp3) is 0.179. The molecule has 3 rings (SSSR count). The Hall–Kier alpha value is -3.97. The Balaban J connectivity index is 0.00000121. The maximum atomic E-state index is 12.3. The maximum Gasteiger partial charge on any atom is 0.255 e. The molecule has 0 heterocycles. The molecule has 0 saturated carbocycles. The van der Waals surface area contributed by atoms with Crippen LogP contribution in [0.5, 0.6) is 5.75 Å². The first kappa shape index (κ1) is 26.1. The van der Waals surface area contributed by atoms with Gasteiger partial charge in [0.1, 0.15) is 5.75 Å². The van der Waals surface area contributed by atoms with E-state index in [0.717, 1.165) is 29.2 Å². The van der Waals surface area contributed by atoms with E-state index in [1.165, 1.54) is 5.56 Å². The molecule has 0 unspecified atom stereocenters. The van der Waals surface area contributed by atoms with Crippen LogP contribution in [0.1, 0.15) is 42.3 Å². The number of allylic oxidation sites excluding steroid dienone is 1. The van der Waals surface area contributed by atoms with E-state index < -0.39 is 0 Å². The van der Waals surface area contributed by atoms with Gasteiger partial charge in [-0.25, -0.2) is 0 Å². The van der Waals surface area contributed by atoms with Crippen molar-refractivity contribution in [2.24, 2.45) is 0 Å². The van der Waals surface area contributed by atoms with Crippen molar-refractivity contribution in [1.82, 2.24) is 5.32 Å². The fourth-order valence-corrected chi connectivity index (χ4v) is 2.84. The van der Waals surface area contributed by atoms with Crippen LogP contribution >= 0.6 is 0 Å². The van der Waals surface area contributed by atoms with E-state index in [2.05, 4.69) is 23.5 Å². The second-order valence-corrected chi connectivity index (χ2v) is 6.30. The van der Waals surface area contributed by atoms with Gasteiger partial charge in [-0.1, -0.05) is 62.4 Å². The summed E-state index contributed by atoms with van der Waals surface area (Å²) in [6, 6.07) is 25.0. The molecule has 1 amide bonds. The number of nitrogens with one attached hydrogen (secondary N) is 2. The number of anilines is 1. The van der Waals surface area contributed by atoms with Gasteiger partial charge in [0, 0.05) is 23.5 Å². The number of hydrogen-bond acceptors (Lipinski definition) is 3. The minimum Gasteiger partial charge on any atom is -0.497 e. The van der Waals surface area contributed by atoms with Crippen LogP contribution in [0.3, 0.4) is 0 Å². The second kappa shape index (κ2) is 14.9. The van der Waals surface area contributed by atoms with E-state index in [4.69, 9.17) is 4.74 Å². The maximum absolute atomic E-state index is 12.3. The summed E-state index contributed by atoms with van der Waals surface area (Å²) >= 11 is 0. The molecule has 0 spiro atoms. The van der Waals surface area contributed by atoms with Crippen LogP contribution in [0.4, 0.5) is 5.69 Å². The van der Waals surface area contributed by atoms with Crippen LogP contribution in [0.15, 0.2) is 84.9 Å². The molecule has 0 aromatic heterocycles. The average molecular weight is 429 g/mol. The third-order valence-electron chi connectivity index (χ3n) is 4.42. The largest absolute Gasteiger partial charge is 0.497 e. The summed E-state index contributed by atoms with van der Waals surface area (Å²) in [4.78, 5) is 12.3. The minimum atomic E-state index is -0.114. The zero-order chi connectivity index (χ0) is 23.8. The molecular formula is C28H32N2O2. The quantitative estimate of drug-likeness (QED) is 0.430. The number of terminal acetylenes is 1. The molecule has 0 aliphatic rings. The van der Waals surface area contributed by atoms with E-state index in [9.17, 15) is 4.79 Å². The van der Waals surface area contributed by atoms with Gasteiger partial charge in [-0.3, -0.25) is 4.79 Å². The highest BCUT2D eigenvalue weighted by Crippen LogP contribution is 2.18. The SMILES string of the molecule is C#C.C/C=C(\NCc1ccc(OC)cc1)c1ccc(NC(=O)c2ccccc2)cc1.CC. The number of methoxy groups -OCH3 is 1. The fourth-order valence-electron chi connectivity index (χ4n) is 2.84. The highest BCUT2D eigenvalue weighted by Gasteiger charge is 2.06. The molecule has 0 fully saturated rings. The molecule has 4 nitrogen and oxygen atoms in total. The predicted molar refractivity (Wildman–Crippen MR) is 136 cm³/mol. The van der Waals surface area contributed by atoms with Crippen molar-refractivity contribution >= 4 is 17.3 Å². The predicted octanol–water partition coefficient (Wildman–Crippen LogP) is 6.37. The number of benzene rings is 3. The van der Waals surface area contributed by atoms with Gasteiger partial charge in [-0.05, 0) is 54.4 Å². The number of amides is 1. The van der Waals surface area contributed by atoms with E-state index in [-0.39, 0.29) is 5.91 Å². The van der Waals surface area contributed by atoms with Crippen LogP contribution in [-0.4, -0.2) is 13.0 Å². The molecule has 3 aromatic carbocycles. The summed E-state index contributed by atoms with van der Waals surface area (Å²) in [5.74, 6) is 0.736. The Morgan fingerprint density at radius 1 is 0.875 bits per heavy atom. The van der Waals surface area contributed by atoms with E-state index in [1.807, 2.05) is 93.6 Å². The zero-order valence-electron chi connectivity index (χ0n) is 19.3. The number of carbonyl (C=O) groups excluding carboxylic acids is 1. The van der Waals surface area contributed by atoms with Gasteiger partial charge >= 0.3 is 0 Å². The minimum absolute atomic E-state index is 0.114. The molecule has 32 heavy (non-hydrogen) atoms. The number of ether oxygens (including phenoxy) is 1. The monoisotopic (exact) mass is 428 g/mol. The van der Waals surface area contributed by atoms with Gasteiger partial charge in [-0.15, -0.1) is 12.8 Å². The van der Waals surface area contributed by atoms with Crippen molar-refractivity contribution in [2.75, 3.05) is 12.4 Å². The van der Waals surface area contributed by atoms with E-state index >= 15 is 0 Å². The average Bonchev–Trinajstić information content (AvgIpc) is 2.88. The summed E-state index contributed by atoms with van der Waals surface area (Å²) in [5.41, 5.74) is 4.68. The number of rotatable bonds is 7. The van der Waals surface area contributed by atoms with Crippen LogP contribution in [0.25, 0.3) is 5.70 Å². The van der Waals surface area contributed by atoms with Crippen molar-refractivity contribution in [1.29, 1.82) is 0 Å². The molecule has 166 valence electrons. The van der Waals surface area contributed by atoms with Crippen molar-refractivity contribution in [3.63, 3.8) is 0 Å². The molecular weight excluding hydrogens is 396 g/mol. The van der Waals surface area contributed by atoms with Gasteiger partial charge in [0.25, 0.3) is 5.91 Å². The summed E-state index contributed by atoms with van der Waals surface area (Å²) in [6.07, 6.45) is 10.0. The molecule has 2 N–H and O–H groups in total. The highest BCUT2D eigenvalue weighted by atomic mass is 16.5. The molecule has 0 saturated heterocycles. The smallest absolute Gasteiger partial charge is 0.255 e. The first-order valence-corrected chi connectivity index (χ1v) is 10.5. The molecule has 0 bridgehead atoms. The Morgan fingerprint density at radius 3 is 2.00 bits per heavy atom. The Morgan fingerprint density at radius 2 is 1.47 bits per heavy atom. The Labute approximate surface area is 192 Å². The lowest BCUT2D eigenvalue weighted by atomic mass is 10.1. The van der Waals surface area contributed by atoms with Crippen molar-refractivity contribution in [2.45, 2.75) is 27.3 Å². The van der Waals surface area contributed by atoms with E-state index in [0.29, 0.717) is 5.56 Å². The highest BCUT2D eigenvalue weighted by molar-refractivity contribution is 6.04. The third-order valence-corrected chi connectivity index (χ3v) is 4.42.